The van der Waals surface area contributed by atoms with Crippen LogP contribution in [0.3, 0.4) is 0 Å². The first-order valence-corrected chi connectivity index (χ1v) is 12.1. The molecule has 3 aromatic carbocycles. The number of aromatic nitrogens is 1. The number of rotatable bonds is 5. The van der Waals surface area contributed by atoms with Crippen molar-refractivity contribution >= 4 is 57.5 Å². The first-order chi connectivity index (χ1) is 16.9. The molecule has 4 nitrogen and oxygen atoms in total. The normalized spacial score (nSPS) is 15.1. The van der Waals surface area contributed by atoms with Crippen LogP contribution in [0.5, 0.6) is 0 Å². The topological polar surface area (TPSA) is 28.5 Å². The van der Waals surface area contributed by atoms with Crippen LogP contribution in [0.2, 0.25) is 5.02 Å². The minimum atomic E-state index is -0.345. The zero-order valence-corrected chi connectivity index (χ0v) is 20.9. The average Bonchev–Trinajstić information content (AvgIpc) is 3.31. The lowest BCUT2D eigenvalue weighted by Gasteiger charge is -2.16. The van der Waals surface area contributed by atoms with Crippen LogP contribution in [0.25, 0.3) is 17.0 Å². The smallest absolute Gasteiger partial charge is 0.281 e. The fraction of sp³-hybridized carbons (Fsp3) is 0.143. The van der Waals surface area contributed by atoms with Crippen LogP contribution in [0.1, 0.15) is 23.6 Å². The Kier molecular flexibility index (Phi) is 6.17. The van der Waals surface area contributed by atoms with Gasteiger partial charge >= 0.3 is 0 Å². The van der Waals surface area contributed by atoms with Crippen LogP contribution in [-0.4, -0.2) is 27.5 Å². The van der Waals surface area contributed by atoms with Crippen LogP contribution >= 0.6 is 23.8 Å². The number of carbonyl (C=O) groups is 1. The molecule has 1 amide bonds. The summed E-state index contributed by atoms with van der Waals surface area (Å²) in [5, 5.41) is 1.79. The number of hydrogen-bond donors (Lipinski definition) is 0. The molecule has 4 aromatic rings. The van der Waals surface area contributed by atoms with Crippen LogP contribution in [-0.2, 0) is 17.8 Å². The number of nitrogens with zero attached hydrogens (tertiary/aromatic N) is 3. The van der Waals surface area contributed by atoms with Gasteiger partial charge in [0.1, 0.15) is 11.5 Å². The molecule has 0 saturated carbocycles. The van der Waals surface area contributed by atoms with Crippen molar-refractivity contribution in [1.82, 2.24) is 9.47 Å². The Balaban J connectivity index is 1.64. The van der Waals surface area contributed by atoms with E-state index in [1.165, 1.54) is 11.0 Å². The summed E-state index contributed by atoms with van der Waals surface area (Å²) in [7, 11) is 1.80. The maximum absolute atomic E-state index is 14.6. The van der Waals surface area contributed by atoms with Gasteiger partial charge in [-0.25, -0.2) is 4.39 Å². The van der Waals surface area contributed by atoms with E-state index in [1.54, 1.807) is 24.1 Å². The summed E-state index contributed by atoms with van der Waals surface area (Å²) >= 11 is 11.9. The molecule has 0 radical (unpaired) electrons. The Morgan fingerprint density at radius 3 is 2.49 bits per heavy atom. The Bertz CT molecular complexity index is 1470. The maximum Gasteiger partial charge on any atom is 0.281 e. The highest BCUT2D eigenvalue weighted by Crippen LogP contribution is 2.33. The minimum absolute atomic E-state index is 0.187. The van der Waals surface area contributed by atoms with E-state index in [9.17, 15) is 9.18 Å². The first-order valence-electron chi connectivity index (χ1n) is 11.3. The molecule has 0 atom stereocenters. The van der Waals surface area contributed by atoms with Gasteiger partial charge in [0.25, 0.3) is 5.91 Å². The zero-order chi connectivity index (χ0) is 24.7. The van der Waals surface area contributed by atoms with Gasteiger partial charge in [-0.3, -0.25) is 9.69 Å². The zero-order valence-electron chi connectivity index (χ0n) is 19.3. The Hall–Kier alpha value is -3.48. The van der Waals surface area contributed by atoms with Crippen LogP contribution < -0.4 is 4.90 Å². The lowest BCUT2D eigenvalue weighted by Crippen LogP contribution is -2.30. The molecule has 0 unspecified atom stereocenters. The molecule has 5 rings (SSSR count). The van der Waals surface area contributed by atoms with Gasteiger partial charge in [-0.2, -0.15) is 0 Å². The van der Waals surface area contributed by atoms with Crippen molar-refractivity contribution < 1.29 is 9.18 Å². The molecule has 0 N–H and O–H groups in total. The van der Waals surface area contributed by atoms with Crippen molar-refractivity contribution in [2.45, 2.75) is 19.9 Å². The summed E-state index contributed by atoms with van der Waals surface area (Å²) in [6.07, 6.45) is 4.63. The van der Waals surface area contributed by atoms with Crippen LogP contribution in [0, 0.1) is 5.82 Å². The third-order valence-corrected chi connectivity index (χ3v) is 7.16. The second-order valence-electron chi connectivity index (χ2n) is 8.43. The molecular weight excluding hydrogens is 481 g/mol. The highest BCUT2D eigenvalue weighted by atomic mass is 35.5. The molecule has 7 heteroatoms. The predicted octanol–water partition coefficient (Wildman–Crippen LogP) is 6.65. The van der Waals surface area contributed by atoms with E-state index < -0.39 is 0 Å². The summed E-state index contributed by atoms with van der Waals surface area (Å²) in [5.74, 6) is -0.531. The Labute approximate surface area is 213 Å². The number of aryl methyl sites for hydroxylation is 1. The molecule has 1 aliphatic rings. The van der Waals surface area contributed by atoms with Gasteiger partial charge in [0.05, 0.1) is 17.7 Å². The largest absolute Gasteiger partial charge is 0.342 e. The highest BCUT2D eigenvalue weighted by Gasteiger charge is 2.37. The first kappa shape index (κ1) is 23.3. The number of benzene rings is 3. The van der Waals surface area contributed by atoms with Crippen LogP contribution in [0.4, 0.5) is 10.1 Å². The van der Waals surface area contributed by atoms with Crippen molar-refractivity contribution in [3.63, 3.8) is 0 Å². The van der Waals surface area contributed by atoms with Gasteiger partial charge in [-0.15, -0.1) is 0 Å². The van der Waals surface area contributed by atoms with Gasteiger partial charge in [0.2, 0.25) is 0 Å². The molecule has 176 valence electrons. The second-order valence-corrected chi connectivity index (χ2v) is 9.20. The van der Waals surface area contributed by atoms with Crippen molar-refractivity contribution in [1.29, 1.82) is 0 Å². The quantitative estimate of drug-likeness (QED) is 0.225. The van der Waals surface area contributed by atoms with E-state index in [4.69, 9.17) is 23.8 Å². The van der Waals surface area contributed by atoms with Crippen molar-refractivity contribution in [2.24, 2.45) is 0 Å². The standard InChI is InChI=1S/C28H23ClFN3OS/c1-3-18-9-7-12-21-19(16-32(26(18)21)17-22-23(29)13-8-14-24(22)30)15-25-27(34)33(28(35)31(25)2)20-10-5-4-6-11-20/h4-16H,3,17H2,1-2H3/b25-15-. The molecule has 0 spiro atoms. The van der Waals surface area contributed by atoms with E-state index in [2.05, 4.69) is 13.0 Å². The molecule has 2 heterocycles. The maximum atomic E-state index is 14.6. The summed E-state index contributed by atoms with van der Waals surface area (Å²) in [6, 6.07) is 20.2. The number of amides is 1. The summed E-state index contributed by atoms with van der Waals surface area (Å²) < 4.78 is 16.6. The highest BCUT2D eigenvalue weighted by molar-refractivity contribution is 7.80. The molecule has 1 aliphatic heterocycles. The number of likely N-dealkylation sites (N-methyl/N-ethyl adjacent to an activating group) is 1. The van der Waals surface area contributed by atoms with E-state index in [0.29, 0.717) is 21.4 Å². The summed E-state index contributed by atoms with van der Waals surface area (Å²) in [5.41, 5.74) is 4.62. The lowest BCUT2D eigenvalue weighted by atomic mass is 10.1. The lowest BCUT2D eigenvalue weighted by molar-refractivity contribution is -0.114. The molecule has 0 aliphatic carbocycles. The van der Waals surface area contributed by atoms with Gasteiger partial charge in [0.15, 0.2) is 5.11 Å². The van der Waals surface area contributed by atoms with Gasteiger partial charge in [-0.05, 0) is 54.5 Å². The van der Waals surface area contributed by atoms with Crippen molar-refractivity contribution in [2.75, 3.05) is 11.9 Å². The number of para-hydroxylation sites is 2. The van der Waals surface area contributed by atoms with Crippen molar-refractivity contribution in [3.8, 4) is 0 Å². The predicted molar refractivity (Wildman–Crippen MR) is 144 cm³/mol. The number of halogens is 2. The number of carbonyl (C=O) groups excluding carboxylic acids is 1. The van der Waals surface area contributed by atoms with E-state index >= 15 is 0 Å². The van der Waals surface area contributed by atoms with Gasteiger partial charge in [-0.1, -0.05) is 61.0 Å². The molecule has 35 heavy (non-hydrogen) atoms. The monoisotopic (exact) mass is 503 g/mol. The molecule has 1 aromatic heterocycles. The van der Waals surface area contributed by atoms with Crippen molar-refractivity contribution in [3.05, 3.63) is 106 Å². The molecule has 1 fully saturated rings. The van der Waals surface area contributed by atoms with E-state index in [1.807, 2.05) is 59.3 Å². The third-order valence-electron chi connectivity index (χ3n) is 6.35. The van der Waals surface area contributed by atoms with Gasteiger partial charge < -0.3 is 9.47 Å². The second kappa shape index (κ2) is 9.29. The summed E-state index contributed by atoms with van der Waals surface area (Å²) in [6.45, 7) is 2.37. The van der Waals surface area contributed by atoms with E-state index in [0.717, 1.165) is 34.1 Å². The number of anilines is 1. The Morgan fingerprint density at radius 2 is 1.77 bits per heavy atom. The summed E-state index contributed by atoms with van der Waals surface area (Å²) in [4.78, 5) is 16.7. The fourth-order valence-electron chi connectivity index (χ4n) is 4.55. The molecular formula is C28H23ClFN3OS. The molecule has 1 saturated heterocycles. The SMILES string of the molecule is CCc1cccc2c(/C=C3/C(=O)N(c4ccccc4)C(=S)N3C)cn(Cc3c(F)cccc3Cl)c12. The number of thiocarbonyl (C=S) groups is 1. The minimum Gasteiger partial charge on any atom is -0.342 e. The number of hydrogen-bond acceptors (Lipinski definition) is 2. The van der Waals surface area contributed by atoms with E-state index in [-0.39, 0.29) is 18.3 Å². The number of fused-ring (bicyclic) bond motifs is 1. The molecule has 0 bridgehead atoms. The Morgan fingerprint density at radius 1 is 1.03 bits per heavy atom. The van der Waals surface area contributed by atoms with Crippen LogP contribution in [0.15, 0.2) is 78.6 Å². The van der Waals surface area contributed by atoms with Gasteiger partial charge in [0, 0.05) is 34.8 Å². The average molecular weight is 504 g/mol. The third kappa shape index (κ3) is 4.03. The fourth-order valence-corrected chi connectivity index (χ4v) is 5.06.